The third-order valence-electron chi connectivity index (χ3n) is 2.78. The predicted octanol–water partition coefficient (Wildman–Crippen LogP) is 0.339. The van der Waals surface area contributed by atoms with E-state index in [1.54, 1.807) is 20.8 Å². The molecule has 0 fully saturated rings. The number of amides is 1. The first-order valence-corrected chi connectivity index (χ1v) is 5.05. The summed E-state index contributed by atoms with van der Waals surface area (Å²) in [6.45, 7) is 6.60. The van der Waals surface area contributed by atoms with Gasteiger partial charge < -0.3 is 16.2 Å². The van der Waals surface area contributed by atoms with E-state index in [1.165, 1.54) is 6.92 Å². The molecule has 0 saturated carbocycles. The van der Waals surface area contributed by atoms with Crippen molar-refractivity contribution in [3.05, 3.63) is 0 Å². The molecule has 0 rings (SSSR count). The van der Waals surface area contributed by atoms with Crippen LogP contribution in [0.3, 0.4) is 0 Å². The zero-order chi connectivity index (χ0) is 12.2. The summed E-state index contributed by atoms with van der Waals surface area (Å²) in [6, 6.07) is -0.292. The first kappa shape index (κ1) is 13.9. The fraction of sp³-hybridized carbons (Fsp3) is 0.800. The summed E-state index contributed by atoms with van der Waals surface area (Å²) >= 11 is 0. The fourth-order valence-electron chi connectivity index (χ4n) is 0.918. The number of nitrogens with one attached hydrogen (secondary N) is 1. The van der Waals surface area contributed by atoms with Gasteiger partial charge in [0, 0.05) is 12.0 Å². The topological polar surface area (TPSA) is 92.4 Å². The van der Waals surface area contributed by atoms with Crippen LogP contribution in [-0.4, -0.2) is 28.6 Å². The van der Waals surface area contributed by atoms with E-state index in [0.29, 0.717) is 6.42 Å². The molecule has 0 heterocycles. The van der Waals surface area contributed by atoms with Gasteiger partial charge in [-0.3, -0.25) is 4.79 Å². The van der Waals surface area contributed by atoms with Crippen LogP contribution in [0.4, 0.5) is 0 Å². The lowest BCUT2D eigenvalue weighted by atomic mass is 9.96. The average molecular weight is 216 g/mol. The molecule has 0 aromatic carbocycles. The lowest BCUT2D eigenvalue weighted by Crippen LogP contribution is -2.54. The minimum absolute atomic E-state index is 0.292. The molecule has 0 aromatic rings. The molecule has 0 bridgehead atoms. The standard InChI is InChI=1S/C10H20N2O3/c1-5-10(4,9(14)15)12-8(13)6(2)7(3)11/h6-7H,5,11H2,1-4H3,(H,12,13)(H,14,15). The summed E-state index contributed by atoms with van der Waals surface area (Å²) in [5, 5.41) is 11.5. The van der Waals surface area contributed by atoms with Crippen LogP contribution in [-0.2, 0) is 9.59 Å². The normalized spacial score (nSPS) is 18.7. The maximum absolute atomic E-state index is 11.6. The molecule has 1 amide bonds. The number of nitrogens with two attached hydrogens (primary N) is 1. The second-order valence-electron chi connectivity index (χ2n) is 4.13. The van der Waals surface area contributed by atoms with Gasteiger partial charge in [-0.2, -0.15) is 0 Å². The summed E-state index contributed by atoms with van der Waals surface area (Å²) in [5.74, 6) is -1.75. The number of carbonyl (C=O) groups excluding carboxylic acids is 1. The summed E-state index contributed by atoms with van der Waals surface area (Å²) in [7, 11) is 0. The monoisotopic (exact) mass is 216 g/mol. The summed E-state index contributed by atoms with van der Waals surface area (Å²) in [5.41, 5.74) is 4.36. The molecule has 0 radical (unpaired) electrons. The maximum Gasteiger partial charge on any atom is 0.329 e. The highest BCUT2D eigenvalue weighted by Gasteiger charge is 2.34. The Labute approximate surface area is 90.0 Å². The Bertz CT molecular complexity index is 253. The molecule has 0 aliphatic carbocycles. The van der Waals surface area contributed by atoms with Crippen molar-refractivity contribution in [2.45, 2.75) is 45.7 Å². The second kappa shape index (κ2) is 5.11. The number of hydrogen-bond donors (Lipinski definition) is 3. The van der Waals surface area contributed by atoms with Gasteiger partial charge in [-0.15, -0.1) is 0 Å². The highest BCUT2D eigenvalue weighted by molar-refractivity contribution is 5.87. The highest BCUT2D eigenvalue weighted by Crippen LogP contribution is 2.11. The maximum atomic E-state index is 11.6. The summed E-state index contributed by atoms with van der Waals surface area (Å²) < 4.78 is 0. The zero-order valence-corrected chi connectivity index (χ0v) is 9.70. The number of hydrogen-bond acceptors (Lipinski definition) is 3. The Hall–Kier alpha value is -1.10. The van der Waals surface area contributed by atoms with Crippen molar-refractivity contribution in [2.75, 3.05) is 0 Å². The lowest BCUT2D eigenvalue weighted by molar-refractivity contribution is -0.147. The number of rotatable bonds is 5. The van der Waals surface area contributed by atoms with Gasteiger partial charge >= 0.3 is 5.97 Å². The summed E-state index contributed by atoms with van der Waals surface area (Å²) in [6.07, 6.45) is 0.333. The van der Waals surface area contributed by atoms with E-state index in [2.05, 4.69) is 5.32 Å². The van der Waals surface area contributed by atoms with Crippen molar-refractivity contribution in [3.8, 4) is 0 Å². The minimum Gasteiger partial charge on any atom is -0.480 e. The summed E-state index contributed by atoms with van der Waals surface area (Å²) in [4.78, 5) is 22.5. The van der Waals surface area contributed by atoms with E-state index in [-0.39, 0.29) is 11.9 Å². The molecule has 15 heavy (non-hydrogen) atoms. The number of carbonyl (C=O) groups is 2. The molecular formula is C10H20N2O3. The van der Waals surface area contributed by atoms with E-state index in [0.717, 1.165) is 0 Å². The Morgan fingerprint density at radius 2 is 1.93 bits per heavy atom. The Morgan fingerprint density at radius 3 is 2.20 bits per heavy atom. The second-order valence-corrected chi connectivity index (χ2v) is 4.13. The van der Waals surface area contributed by atoms with Crippen molar-refractivity contribution in [1.29, 1.82) is 0 Å². The van der Waals surface area contributed by atoms with Crippen molar-refractivity contribution < 1.29 is 14.7 Å². The van der Waals surface area contributed by atoms with Gasteiger partial charge in [0.25, 0.3) is 0 Å². The van der Waals surface area contributed by atoms with Gasteiger partial charge in [0.05, 0.1) is 0 Å². The quantitative estimate of drug-likeness (QED) is 0.618. The zero-order valence-electron chi connectivity index (χ0n) is 9.70. The van der Waals surface area contributed by atoms with Crippen LogP contribution in [0, 0.1) is 5.92 Å². The number of aliphatic carboxylic acids is 1. The Kier molecular flexibility index (Phi) is 4.74. The van der Waals surface area contributed by atoms with Gasteiger partial charge in [-0.05, 0) is 20.3 Å². The highest BCUT2D eigenvalue weighted by atomic mass is 16.4. The van der Waals surface area contributed by atoms with Gasteiger partial charge in [-0.1, -0.05) is 13.8 Å². The third kappa shape index (κ3) is 3.51. The molecule has 3 atom stereocenters. The van der Waals surface area contributed by atoms with E-state index in [1.807, 2.05) is 0 Å². The Morgan fingerprint density at radius 1 is 1.47 bits per heavy atom. The molecule has 3 unspecified atom stereocenters. The molecule has 5 nitrogen and oxygen atoms in total. The van der Waals surface area contributed by atoms with Gasteiger partial charge in [0.15, 0.2) is 0 Å². The van der Waals surface area contributed by atoms with Crippen LogP contribution in [0.5, 0.6) is 0 Å². The van der Waals surface area contributed by atoms with Gasteiger partial charge in [0.2, 0.25) is 5.91 Å². The first-order chi connectivity index (χ1) is 6.74. The molecule has 0 saturated heterocycles. The SMILES string of the molecule is CCC(C)(NC(=O)C(C)C(C)N)C(=O)O. The van der Waals surface area contributed by atoms with E-state index in [9.17, 15) is 9.59 Å². The van der Waals surface area contributed by atoms with Gasteiger partial charge in [0.1, 0.15) is 5.54 Å². The van der Waals surface area contributed by atoms with Crippen LogP contribution >= 0.6 is 0 Å². The third-order valence-corrected chi connectivity index (χ3v) is 2.78. The molecule has 0 aliphatic rings. The predicted molar refractivity (Wildman–Crippen MR) is 57.3 cm³/mol. The molecule has 5 heteroatoms. The van der Waals surface area contributed by atoms with Crippen molar-refractivity contribution in [3.63, 3.8) is 0 Å². The largest absolute Gasteiger partial charge is 0.480 e. The Balaban J connectivity index is 4.57. The molecule has 0 aromatic heterocycles. The molecule has 0 spiro atoms. The van der Waals surface area contributed by atoms with Crippen molar-refractivity contribution in [1.82, 2.24) is 5.32 Å². The molecule has 4 N–H and O–H groups in total. The van der Waals surface area contributed by atoms with Crippen LogP contribution < -0.4 is 11.1 Å². The fourth-order valence-corrected chi connectivity index (χ4v) is 0.918. The smallest absolute Gasteiger partial charge is 0.329 e. The minimum atomic E-state index is -1.21. The van der Waals surface area contributed by atoms with Crippen LogP contribution in [0.2, 0.25) is 0 Å². The molecule has 88 valence electrons. The van der Waals surface area contributed by atoms with Crippen molar-refractivity contribution in [2.24, 2.45) is 11.7 Å². The van der Waals surface area contributed by atoms with E-state index in [4.69, 9.17) is 10.8 Å². The van der Waals surface area contributed by atoms with Crippen LogP contribution in [0.25, 0.3) is 0 Å². The van der Waals surface area contributed by atoms with E-state index < -0.39 is 17.4 Å². The number of carboxylic acids is 1. The van der Waals surface area contributed by atoms with Gasteiger partial charge in [-0.25, -0.2) is 4.79 Å². The molecule has 0 aliphatic heterocycles. The average Bonchev–Trinajstić information content (AvgIpc) is 2.15. The van der Waals surface area contributed by atoms with Crippen LogP contribution in [0.1, 0.15) is 34.1 Å². The van der Waals surface area contributed by atoms with E-state index >= 15 is 0 Å². The first-order valence-electron chi connectivity index (χ1n) is 5.05. The van der Waals surface area contributed by atoms with Crippen LogP contribution in [0.15, 0.2) is 0 Å². The lowest BCUT2D eigenvalue weighted by Gasteiger charge is -2.27. The van der Waals surface area contributed by atoms with Crippen molar-refractivity contribution >= 4 is 11.9 Å². The number of carboxylic acid groups (broad SMARTS) is 1. The molecular weight excluding hydrogens is 196 g/mol.